The van der Waals surface area contributed by atoms with Gasteiger partial charge in [-0.3, -0.25) is 4.18 Å². The molecular formula is C12H18O5S. The molecule has 0 unspecified atom stereocenters. The highest BCUT2D eigenvalue weighted by Gasteiger charge is 2.27. The van der Waals surface area contributed by atoms with Gasteiger partial charge in [0.25, 0.3) is 10.1 Å². The van der Waals surface area contributed by atoms with Crippen LogP contribution in [-0.2, 0) is 14.3 Å². The molecule has 0 bridgehead atoms. The van der Waals surface area contributed by atoms with Gasteiger partial charge in [0.2, 0.25) is 0 Å². The molecule has 1 rings (SSSR count). The summed E-state index contributed by atoms with van der Waals surface area (Å²) in [6.07, 6.45) is 0. The zero-order valence-corrected chi connectivity index (χ0v) is 11.3. The molecular weight excluding hydrogens is 256 g/mol. The Balaban J connectivity index is 2.80. The van der Waals surface area contributed by atoms with E-state index in [-0.39, 0.29) is 24.7 Å². The molecule has 0 aromatic heterocycles. The number of aliphatic hydroxyl groups is 2. The lowest BCUT2D eigenvalue weighted by Gasteiger charge is -2.23. The largest absolute Gasteiger partial charge is 0.396 e. The fourth-order valence-electron chi connectivity index (χ4n) is 1.13. The molecule has 0 saturated carbocycles. The van der Waals surface area contributed by atoms with Gasteiger partial charge in [0.1, 0.15) is 0 Å². The van der Waals surface area contributed by atoms with Gasteiger partial charge in [-0.25, -0.2) is 0 Å². The van der Waals surface area contributed by atoms with Crippen molar-refractivity contribution in [3.05, 3.63) is 29.8 Å². The first-order valence-electron chi connectivity index (χ1n) is 5.51. The van der Waals surface area contributed by atoms with E-state index < -0.39 is 15.5 Å². The van der Waals surface area contributed by atoms with E-state index in [2.05, 4.69) is 0 Å². The Bertz CT molecular complexity index is 474. The molecule has 6 heteroatoms. The Labute approximate surface area is 107 Å². The van der Waals surface area contributed by atoms with E-state index >= 15 is 0 Å². The van der Waals surface area contributed by atoms with Crippen molar-refractivity contribution in [3.8, 4) is 0 Å². The highest BCUT2D eigenvalue weighted by Crippen LogP contribution is 2.19. The van der Waals surface area contributed by atoms with Gasteiger partial charge in [0.15, 0.2) is 0 Å². The Hall–Kier alpha value is -0.950. The van der Waals surface area contributed by atoms with E-state index in [1.54, 1.807) is 12.1 Å². The minimum Gasteiger partial charge on any atom is -0.396 e. The number of aryl methyl sites for hydroxylation is 1. The van der Waals surface area contributed by atoms with Gasteiger partial charge in [-0.05, 0) is 19.1 Å². The maximum absolute atomic E-state index is 11.8. The molecule has 0 amide bonds. The molecule has 0 saturated heterocycles. The average molecular weight is 274 g/mol. The van der Waals surface area contributed by atoms with Crippen molar-refractivity contribution in [2.24, 2.45) is 5.41 Å². The number of hydrogen-bond acceptors (Lipinski definition) is 5. The van der Waals surface area contributed by atoms with Gasteiger partial charge in [-0.2, -0.15) is 8.42 Å². The third-order valence-electron chi connectivity index (χ3n) is 2.64. The van der Waals surface area contributed by atoms with Gasteiger partial charge in [0, 0.05) is 5.41 Å². The van der Waals surface area contributed by atoms with Crippen LogP contribution in [0.3, 0.4) is 0 Å². The van der Waals surface area contributed by atoms with Crippen LogP contribution in [0.2, 0.25) is 0 Å². The fourth-order valence-corrected chi connectivity index (χ4v) is 2.18. The molecule has 0 heterocycles. The second kappa shape index (κ2) is 5.79. The topological polar surface area (TPSA) is 83.8 Å². The van der Waals surface area contributed by atoms with Crippen LogP contribution < -0.4 is 0 Å². The standard InChI is InChI=1S/C12H18O5S/c1-10-3-5-11(6-4-10)18(15,16)17-9-12(2,7-13)8-14/h3-6,13-14H,7-9H2,1-2H3. The van der Waals surface area contributed by atoms with Crippen molar-refractivity contribution in [1.29, 1.82) is 0 Å². The number of rotatable bonds is 6. The minimum atomic E-state index is -3.85. The van der Waals surface area contributed by atoms with E-state index in [4.69, 9.17) is 14.4 Å². The summed E-state index contributed by atoms with van der Waals surface area (Å²) >= 11 is 0. The van der Waals surface area contributed by atoms with Crippen LogP contribution in [0.25, 0.3) is 0 Å². The van der Waals surface area contributed by atoms with E-state index in [0.717, 1.165) is 5.56 Å². The van der Waals surface area contributed by atoms with Crippen LogP contribution in [0.4, 0.5) is 0 Å². The molecule has 0 aliphatic carbocycles. The van der Waals surface area contributed by atoms with E-state index in [1.165, 1.54) is 19.1 Å². The Kier molecular flexibility index (Phi) is 4.86. The molecule has 0 aliphatic heterocycles. The molecule has 1 aromatic rings. The minimum absolute atomic E-state index is 0.0614. The number of hydrogen-bond donors (Lipinski definition) is 2. The van der Waals surface area contributed by atoms with E-state index in [1.807, 2.05) is 6.92 Å². The van der Waals surface area contributed by atoms with Crippen molar-refractivity contribution < 1.29 is 22.8 Å². The van der Waals surface area contributed by atoms with Gasteiger partial charge in [-0.15, -0.1) is 0 Å². The monoisotopic (exact) mass is 274 g/mol. The smallest absolute Gasteiger partial charge is 0.296 e. The van der Waals surface area contributed by atoms with Crippen molar-refractivity contribution in [1.82, 2.24) is 0 Å². The second-order valence-corrected chi connectivity index (χ2v) is 6.27. The molecule has 0 atom stereocenters. The summed E-state index contributed by atoms with van der Waals surface area (Å²) in [4.78, 5) is 0.0614. The normalized spacial score (nSPS) is 12.7. The molecule has 5 nitrogen and oxygen atoms in total. The molecule has 0 aliphatic rings. The molecule has 0 radical (unpaired) electrons. The van der Waals surface area contributed by atoms with Crippen LogP contribution in [0.5, 0.6) is 0 Å². The van der Waals surface area contributed by atoms with Crippen LogP contribution >= 0.6 is 0 Å². The molecule has 2 N–H and O–H groups in total. The summed E-state index contributed by atoms with van der Waals surface area (Å²) in [6.45, 7) is 2.42. The first kappa shape index (κ1) is 15.1. The van der Waals surface area contributed by atoms with Crippen molar-refractivity contribution >= 4 is 10.1 Å². The van der Waals surface area contributed by atoms with Gasteiger partial charge in [-0.1, -0.05) is 24.6 Å². The van der Waals surface area contributed by atoms with E-state index in [9.17, 15) is 8.42 Å². The maximum atomic E-state index is 11.8. The summed E-state index contributed by atoms with van der Waals surface area (Å²) in [5.74, 6) is 0. The Morgan fingerprint density at radius 1 is 1.17 bits per heavy atom. The third-order valence-corrected chi connectivity index (χ3v) is 3.91. The van der Waals surface area contributed by atoms with Gasteiger partial charge < -0.3 is 10.2 Å². The van der Waals surface area contributed by atoms with E-state index in [0.29, 0.717) is 0 Å². The number of benzene rings is 1. The predicted molar refractivity (Wildman–Crippen MR) is 66.6 cm³/mol. The Morgan fingerprint density at radius 2 is 1.67 bits per heavy atom. The van der Waals surface area contributed by atoms with Crippen LogP contribution in [0.15, 0.2) is 29.2 Å². The summed E-state index contributed by atoms with van der Waals surface area (Å²) in [6, 6.07) is 6.26. The van der Waals surface area contributed by atoms with Crippen LogP contribution in [-0.4, -0.2) is 38.5 Å². The zero-order valence-electron chi connectivity index (χ0n) is 10.5. The highest BCUT2D eigenvalue weighted by molar-refractivity contribution is 7.86. The zero-order chi connectivity index (χ0) is 13.8. The SMILES string of the molecule is Cc1ccc(S(=O)(=O)OCC(C)(CO)CO)cc1. The third kappa shape index (κ3) is 3.78. The lowest BCUT2D eigenvalue weighted by Crippen LogP contribution is -2.32. The van der Waals surface area contributed by atoms with Crippen LogP contribution in [0.1, 0.15) is 12.5 Å². The Morgan fingerprint density at radius 3 is 2.11 bits per heavy atom. The molecule has 1 aromatic carbocycles. The average Bonchev–Trinajstić information content (AvgIpc) is 2.37. The van der Waals surface area contributed by atoms with Crippen molar-refractivity contribution in [2.75, 3.05) is 19.8 Å². The van der Waals surface area contributed by atoms with Gasteiger partial charge in [0.05, 0.1) is 24.7 Å². The summed E-state index contributed by atoms with van der Waals surface area (Å²) in [5.41, 5.74) is -0.0258. The summed E-state index contributed by atoms with van der Waals surface area (Å²) < 4.78 is 28.5. The lowest BCUT2D eigenvalue weighted by molar-refractivity contribution is 0.0309. The first-order valence-corrected chi connectivity index (χ1v) is 6.92. The summed E-state index contributed by atoms with van der Waals surface area (Å²) in [7, 11) is -3.85. The number of aliphatic hydroxyl groups excluding tert-OH is 2. The van der Waals surface area contributed by atoms with Crippen molar-refractivity contribution in [2.45, 2.75) is 18.7 Å². The van der Waals surface area contributed by atoms with Gasteiger partial charge >= 0.3 is 0 Å². The maximum Gasteiger partial charge on any atom is 0.296 e. The highest BCUT2D eigenvalue weighted by atomic mass is 32.2. The quantitative estimate of drug-likeness (QED) is 0.746. The first-order chi connectivity index (χ1) is 8.33. The lowest BCUT2D eigenvalue weighted by atomic mass is 9.95. The van der Waals surface area contributed by atoms with Crippen LogP contribution in [0, 0.1) is 12.3 Å². The molecule has 0 fully saturated rings. The molecule has 102 valence electrons. The fraction of sp³-hybridized carbons (Fsp3) is 0.500. The predicted octanol–water partition coefficient (Wildman–Crippen LogP) is 0.691. The summed E-state index contributed by atoms with van der Waals surface area (Å²) in [5, 5.41) is 18.1. The second-order valence-electron chi connectivity index (χ2n) is 4.66. The molecule has 18 heavy (non-hydrogen) atoms. The molecule has 0 spiro atoms. The van der Waals surface area contributed by atoms with Crippen molar-refractivity contribution in [3.63, 3.8) is 0 Å².